The third kappa shape index (κ3) is 7.51. The summed E-state index contributed by atoms with van der Waals surface area (Å²) in [5.74, 6) is 1.02. The predicted molar refractivity (Wildman–Crippen MR) is 130 cm³/mol. The summed E-state index contributed by atoms with van der Waals surface area (Å²) in [6.45, 7) is 5.61. The van der Waals surface area contributed by atoms with Crippen LogP contribution in [-0.4, -0.2) is 29.9 Å². The number of rotatable bonds is 7. The van der Waals surface area contributed by atoms with Crippen molar-refractivity contribution in [3.8, 4) is 0 Å². The second-order valence-corrected chi connectivity index (χ2v) is 7.35. The van der Waals surface area contributed by atoms with E-state index in [9.17, 15) is 4.79 Å². The summed E-state index contributed by atoms with van der Waals surface area (Å²) in [6.07, 6.45) is 1.64. The Balaban J connectivity index is 0.00000300. The average molecular weight is 527 g/mol. The maximum absolute atomic E-state index is 11.8. The smallest absolute Gasteiger partial charge is 0.222 e. The van der Waals surface area contributed by atoms with Gasteiger partial charge in [0.1, 0.15) is 0 Å². The van der Waals surface area contributed by atoms with Crippen LogP contribution in [0.3, 0.4) is 0 Å². The lowest BCUT2D eigenvalue weighted by atomic mass is 10.1. The van der Waals surface area contributed by atoms with Crippen molar-refractivity contribution in [3.63, 3.8) is 0 Å². The van der Waals surface area contributed by atoms with E-state index < -0.39 is 0 Å². The molecule has 1 fully saturated rings. The van der Waals surface area contributed by atoms with Crippen LogP contribution in [0.15, 0.2) is 53.5 Å². The number of carbonyl (C=O) groups is 1. The Hall–Kier alpha value is -1.80. The lowest BCUT2D eigenvalue weighted by molar-refractivity contribution is -0.128. The molecule has 1 aliphatic rings. The number of nitrogens with zero attached hydrogens (tertiary/aromatic N) is 2. The van der Waals surface area contributed by atoms with Gasteiger partial charge < -0.3 is 15.5 Å². The molecule has 3 rings (SSSR count). The first-order valence-corrected chi connectivity index (χ1v) is 10.1. The van der Waals surface area contributed by atoms with E-state index >= 15 is 0 Å². The van der Waals surface area contributed by atoms with Crippen molar-refractivity contribution < 1.29 is 4.79 Å². The van der Waals surface area contributed by atoms with Crippen LogP contribution in [0.1, 0.15) is 36.5 Å². The number of amides is 1. The third-order valence-electron chi connectivity index (χ3n) is 4.65. The number of likely N-dealkylation sites (tertiary alicyclic amines) is 1. The molecule has 1 saturated heterocycles. The molecule has 156 valence electrons. The van der Waals surface area contributed by atoms with Gasteiger partial charge in [0.25, 0.3) is 0 Å². The molecule has 0 bridgehead atoms. The molecule has 2 aromatic rings. The minimum Gasteiger partial charge on any atom is -0.357 e. The van der Waals surface area contributed by atoms with Gasteiger partial charge in [-0.3, -0.25) is 4.79 Å². The van der Waals surface area contributed by atoms with Crippen LogP contribution in [0.2, 0.25) is 5.02 Å². The Morgan fingerprint density at radius 2 is 1.86 bits per heavy atom. The molecule has 0 unspecified atom stereocenters. The lowest BCUT2D eigenvalue weighted by Crippen LogP contribution is -2.36. The minimum atomic E-state index is 0. The number of halogens is 2. The van der Waals surface area contributed by atoms with E-state index in [-0.39, 0.29) is 29.9 Å². The van der Waals surface area contributed by atoms with Crippen LogP contribution in [0.5, 0.6) is 0 Å². The summed E-state index contributed by atoms with van der Waals surface area (Å²) in [5, 5.41) is 7.34. The van der Waals surface area contributed by atoms with Gasteiger partial charge in [-0.05, 0) is 42.2 Å². The number of benzene rings is 2. The molecule has 0 radical (unpaired) electrons. The van der Waals surface area contributed by atoms with Crippen LogP contribution in [0.25, 0.3) is 0 Å². The maximum atomic E-state index is 11.8. The van der Waals surface area contributed by atoms with Crippen molar-refractivity contribution in [1.82, 2.24) is 15.5 Å². The molecule has 1 aliphatic heterocycles. The van der Waals surface area contributed by atoms with Gasteiger partial charge >= 0.3 is 0 Å². The fourth-order valence-corrected chi connectivity index (χ4v) is 3.48. The molecule has 2 aromatic carbocycles. The molecule has 1 heterocycles. The molecular weight excluding hydrogens is 499 g/mol. The summed E-state index contributed by atoms with van der Waals surface area (Å²) in [6, 6.07) is 16.1. The molecular formula is C22H28ClIN4O. The maximum Gasteiger partial charge on any atom is 0.222 e. The first-order valence-electron chi connectivity index (χ1n) is 9.76. The van der Waals surface area contributed by atoms with E-state index in [0.29, 0.717) is 26.1 Å². The van der Waals surface area contributed by atoms with Crippen LogP contribution in [0.4, 0.5) is 0 Å². The van der Waals surface area contributed by atoms with Crippen LogP contribution in [0, 0.1) is 0 Å². The van der Waals surface area contributed by atoms with Gasteiger partial charge in [-0.1, -0.05) is 48.0 Å². The van der Waals surface area contributed by atoms with Gasteiger partial charge in [0.05, 0.1) is 6.54 Å². The summed E-state index contributed by atoms with van der Waals surface area (Å²) in [4.78, 5) is 18.5. The normalized spacial score (nSPS) is 13.9. The molecule has 0 aromatic heterocycles. The number of nitrogens with one attached hydrogen (secondary N) is 2. The fourth-order valence-electron chi connectivity index (χ4n) is 3.26. The van der Waals surface area contributed by atoms with Gasteiger partial charge in [0.15, 0.2) is 5.96 Å². The molecule has 0 aliphatic carbocycles. The molecule has 7 heteroatoms. The third-order valence-corrected chi connectivity index (χ3v) is 4.88. The topological polar surface area (TPSA) is 56.7 Å². The van der Waals surface area contributed by atoms with E-state index in [0.717, 1.165) is 47.2 Å². The van der Waals surface area contributed by atoms with Crippen molar-refractivity contribution >= 4 is 47.4 Å². The first-order chi connectivity index (χ1) is 13.6. The molecule has 0 atom stereocenters. The van der Waals surface area contributed by atoms with E-state index in [1.54, 1.807) is 0 Å². The molecule has 2 N–H and O–H groups in total. The number of aliphatic imine (C=N–C) groups is 1. The zero-order chi connectivity index (χ0) is 19.8. The zero-order valence-electron chi connectivity index (χ0n) is 16.7. The number of guanidine groups is 1. The number of carbonyl (C=O) groups excluding carboxylic acids is 1. The molecule has 29 heavy (non-hydrogen) atoms. The fraction of sp³-hybridized carbons (Fsp3) is 0.364. The Morgan fingerprint density at radius 1 is 1.10 bits per heavy atom. The van der Waals surface area contributed by atoms with Gasteiger partial charge in [0, 0.05) is 37.6 Å². The van der Waals surface area contributed by atoms with Crippen LogP contribution < -0.4 is 10.6 Å². The highest BCUT2D eigenvalue weighted by molar-refractivity contribution is 14.0. The summed E-state index contributed by atoms with van der Waals surface area (Å²) in [5.41, 5.74) is 3.39. The highest BCUT2D eigenvalue weighted by atomic mass is 127. The van der Waals surface area contributed by atoms with E-state index in [2.05, 4.69) is 33.8 Å². The Labute approximate surface area is 194 Å². The van der Waals surface area contributed by atoms with Gasteiger partial charge in [-0.25, -0.2) is 4.99 Å². The van der Waals surface area contributed by atoms with Crippen LogP contribution in [-0.2, 0) is 24.4 Å². The van der Waals surface area contributed by atoms with Crippen molar-refractivity contribution in [2.75, 3.05) is 13.1 Å². The van der Waals surface area contributed by atoms with E-state index in [4.69, 9.17) is 11.6 Å². The average Bonchev–Trinajstić information content (AvgIpc) is 3.09. The number of hydrogen-bond donors (Lipinski definition) is 2. The molecule has 5 nitrogen and oxygen atoms in total. The van der Waals surface area contributed by atoms with Crippen molar-refractivity contribution in [2.45, 2.75) is 39.4 Å². The second kappa shape index (κ2) is 12.0. The summed E-state index contributed by atoms with van der Waals surface area (Å²) >= 11 is 6.05. The van der Waals surface area contributed by atoms with E-state index in [1.165, 1.54) is 0 Å². The second-order valence-electron chi connectivity index (χ2n) is 6.92. The predicted octanol–water partition coefficient (Wildman–Crippen LogP) is 4.34. The highest BCUT2D eigenvalue weighted by Gasteiger charge is 2.19. The van der Waals surface area contributed by atoms with Crippen molar-refractivity contribution in [1.29, 1.82) is 0 Å². The largest absolute Gasteiger partial charge is 0.357 e. The first kappa shape index (κ1) is 23.5. The zero-order valence-corrected chi connectivity index (χ0v) is 19.7. The molecule has 0 spiro atoms. The Kier molecular flexibility index (Phi) is 9.73. The summed E-state index contributed by atoms with van der Waals surface area (Å²) < 4.78 is 0. The van der Waals surface area contributed by atoms with Crippen molar-refractivity contribution in [2.24, 2.45) is 4.99 Å². The van der Waals surface area contributed by atoms with Gasteiger partial charge in [-0.15, -0.1) is 24.0 Å². The van der Waals surface area contributed by atoms with Gasteiger partial charge in [-0.2, -0.15) is 0 Å². The minimum absolute atomic E-state index is 0. The highest BCUT2D eigenvalue weighted by Crippen LogP contribution is 2.15. The summed E-state index contributed by atoms with van der Waals surface area (Å²) in [7, 11) is 0. The van der Waals surface area contributed by atoms with Crippen molar-refractivity contribution in [3.05, 3.63) is 70.2 Å². The SMILES string of the molecule is CCNC(=NCc1cccc(CN2CCCC2=O)c1)NCc1cccc(Cl)c1.I. The van der Waals surface area contributed by atoms with E-state index in [1.807, 2.05) is 42.2 Å². The standard InChI is InChI=1S/C22H27ClN4O.HI/c1-2-24-22(26-15-18-7-4-9-20(23)13-18)25-14-17-6-3-8-19(12-17)16-27-11-5-10-21(27)28;/h3-4,6-9,12-13H,2,5,10-11,14-16H2,1H3,(H2,24,25,26);1H. The van der Waals surface area contributed by atoms with Gasteiger partial charge in [0.2, 0.25) is 5.91 Å². The van der Waals surface area contributed by atoms with Crippen LogP contribution >= 0.6 is 35.6 Å². The molecule has 0 saturated carbocycles. The number of hydrogen-bond acceptors (Lipinski definition) is 2. The molecule has 1 amide bonds. The Bertz CT molecular complexity index is 843. The monoisotopic (exact) mass is 526 g/mol. The lowest BCUT2D eigenvalue weighted by Gasteiger charge is -2.16. The Morgan fingerprint density at radius 3 is 2.59 bits per heavy atom. The quantitative estimate of drug-likeness (QED) is 0.321.